The summed E-state index contributed by atoms with van der Waals surface area (Å²) in [5, 5.41) is 8.43. The van der Waals surface area contributed by atoms with E-state index in [1.807, 2.05) is 0 Å². The van der Waals surface area contributed by atoms with Crippen molar-refractivity contribution in [2.75, 3.05) is 0 Å². The molecule has 0 saturated heterocycles. The Morgan fingerprint density at radius 1 is 1.08 bits per heavy atom. The third kappa shape index (κ3) is 1.98. The predicted molar refractivity (Wildman–Crippen MR) is 36.8 cm³/mol. The van der Waals surface area contributed by atoms with Crippen LogP contribution in [-0.4, -0.2) is 5.11 Å². The topological polar surface area (TPSA) is 20.2 Å². The molecule has 0 aliphatic rings. The van der Waals surface area contributed by atoms with Crippen molar-refractivity contribution in [2.24, 2.45) is 0 Å². The summed E-state index contributed by atoms with van der Waals surface area (Å²) in [6, 6.07) is 4.23. The van der Waals surface area contributed by atoms with Gasteiger partial charge in [0.1, 0.15) is 6.61 Å². The maximum atomic E-state index is 12.0. The number of rotatable bonds is 1. The van der Waals surface area contributed by atoms with E-state index in [2.05, 4.69) is 0 Å². The van der Waals surface area contributed by atoms with Gasteiger partial charge in [0.15, 0.2) is 0 Å². The SMILES string of the molecule is O[CH]c1ccc(C(F)(F)F)cc1. The third-order valence-corrected chi connectivity index (χ3v) is 1.39. The molecule has 65 valence electrons. The van der Waals surface area contributed by atoms with Crippen LogP contribution >= 0.6 is 0 Å². The highest BCUT2D eigenvalue weighted by molar-refractivity contribution is 5.27. The molecule has 4 heteroatoms. The van der Waals surface area contributed by atoms with E-state index < -0.39 is 11.7 Å². The first-order valence-corrected chi connectivity index (χ1v) is 3.19. The van der Waals surface area contributed by atoms with Gasteiger partial charge in [-0.25, -0.2) is 0 Å². The Labute approximate surface area is 67.5 Å². The highest BCUT2D eigenvalue weighted by atomic mass is 19.4. The number of halogens is 3. The van der Waals surface area contributed by atoms with Crippen molar-refractivity contribution >= 4 is 0 Å². The van der Waals surface area contributed by atoms with Crippen LogP contribution in [0.2, 0.25) is 0 Å². The van der Waals surface area contributed by atoms with Crippen LogP contribution in [0.3, 0.4) is 0 Å². The highest BCUT2D eigenvalue weighted by Crippen LogP contribution is 2.29. The van der Waals surface area contributed by atoms with Gasteiger partial charge in [-0.1, -0.05) is 12.1 Å². The van der Waals surface area contributed by atoms with Gasteiger partial charge in [-0.05, 0) is 17.7 Å². The minimum atomic E-state index is -4.31. The van der Waals surface area contributed by atoms with E-state index in [1.165, 1.54) is 12.1 Å². The summed E-state index contributed by atoms with van der Waals surface area (Å²) in [7, 11) is 0. The molecule has 0 unspecified atom stereocenters. The molecular formula is C8H6F3O. The fraction of sp³-hybridized carbons (Fsp3) is 0.125. The lowest BCUT2D eigenvalue weighted by Crippen LogP contribution is -2.04. The first kappa shape index (κ1) is 9.06. The number of aliphatic hydroxyl groups is 1. The standard InChI is InChI=1S/C8H6F3O/c9-8(10,11)7-3-1-6(5-12)2-4-7/h1-5,12H. The van der Waals surface area contributed by atoms with Crippen molar-refractivity contribution in [3.05, 3.63) is 42.0 Å². The van der Waals surface area contributed by atoms with Crippen molar-refractivity contribution in [1.29, 1.82) is 0 Å². The second kappa shape index (κ2) is 3.15. The fourth-order valence-electron chi connectivity index (χ4n) is 0.758. The second-order valence-electron chi connectivity index (χ2n) is 2.25. The van der Waals surface area contributed by atoms with E-state index in [-0.39, 0.29) is 0 Å². The van der Waals surface area contributed by atoms with Gasteiger partial charge in [0, 0.05) is 0 Å². The van der Waals surface area contributed by atoms with Crippen molar-refractivity contribution in [1.82, 2.24) is 0 Å². The Kier molecular flexibility index (Phi) is 2.38. The molecule has 1 N–H and O–H groups in total. The maximum absolute atomic E-state index is 12.0. The number of aliphatic hydroxyl groups excluding tert-OH is 1. The van der Waals surface area contributed by atoms with E-state index in [4.69, 9.17) is 5.11 Å². The number of hydrogen-bond acceptors (Lipinski definition) is 1. The number of alkyl halides is 3. The second-order valence-corrected chi connectivity index (χ2v) is 2.25. The smallest absolute Gasteiger partial charge is 0.385 e. The molecule has 0 aromatic heterocycles. The van der Waals surface area contributed by atoms with E-state index in [0.717, 1.165) is 18.7 Å². The molecule has 0 heterocycles. The molecule has 1 nitrogen and oxygen atoms in total. The van der Waals surface area contributed by atoms with Crippen LogP contribution in [0.4, 0.5) is 13.2 Å². The monoisotopic (exact) mass is 175 g/mol. The van der Waals surface area contributed by atoms with Crippen LogP contribution in [0.5, 0.6) is 0 Å². The molecule has 1 radical (unpaired) electrons. The van der Waals surface area contributed by atoms with Crippen LogP contribution in [-0.2, 0) is 6.18 Å². The zero-order valence-corrected chi connectivity index (χ0v) is 5.97. The molecule has 0 spiro atoms. The lowest BCUT2D eigenvalue weighted by atomic mass is 10.1. The summed E-state index contributed by atoms with van der Waals surface area (Å²) >= 11 is 0. The zero-order chi connectivity index (χ0) is 9.19. The molecule has 12 heavy (non-hydrogen) atoms. The van der Waals surface area contributed by atoms with Gasteiger partial charge in [-0.3, -0.25) is 0 Å². The van der Waals surface area contributed by atoms with Gasteiger partial charge in [-0.15, -0.1) is 0 Å². The van der Waals surface area contributed by atoms with Gasteiger partial charge in [0.05, 0.1) is 5.56 Å². The first-order valence-electron chi connectivity index (χ1n) is 3.19. The molecular weight excluding hydrogens is 169 g/mol. The minimum absolute atomic E-state index is 0.350. The first-order chi connectivity index (χ1) is 5.54. The van der Waals surface area contributed by atoms with Crippen LogP contribution in [0.25, 0.3) is 0 Å². The fourth-order valence-corrected chi connectivity index (χ4v) is 0.758. The summed E-state index contributed by atoms with van der Waals surface area (Å²) in [5.41, 5.74) is -0.365. The molecule has 1 aromatic carbocycles. The lowest BCUT2D eigenvalue weighted by molar-refractivity contribution is -0.137. The van der Waals surface area contributed by atoms with E-state index in [0.29, 0.717) is 5.56 Å². The van der Waals surface area contributed by atoms with Crippen molar-refractivity contribution in [2.45, 2.75) is 6.18 Å². The van der Waals surface area contributed by atoms with E-state index in [1.54, 1.807) is 0 Å². The summed E-state index contributed by atoms with van der Waals surface area (Å²) < 4.78 is 35.9. The van der Waals surface area contributed by atoms with E-state index in [9.17, 15) is 13.2 Å². The van der Waals surface area contributed by atoms with Crippen molar-refractivity contribution in [3.8, 4) is 0 Å². The van der Waals surface area contributed by atoms with Gasteiger partial charge >= 0.3 is 6.18 Å². The van der Waals surface area contributed by atoms with Crippen LogP contribution < -0.4 is 0 Å². The average Bonchev–Trinajstić information content (AvgIpc) is 2.03. The highest BCUT2D eigenvalue weighted by Gasteiger charge is 2.29. The lowest BCUT2D eigenvalue weighted by Gasteiger charge is -2.05. The Morgan fingerprint density at radius 3 is 1.92 bits per heavy atom. The van der Waals surface area contributed by atoms with Crippen LogP contribution in [0.1, 0.15) is 11.1 Å². The summed E-state index contributed by atoms with van der Waals surface area (Å²) in [4.78, 5) is 0. The molecule has 0 aliphatic heterocycles. The third-order valence-electron chi connectivity index (χ3n) is 1.39. The maximum Gasteiger partial charge on any atom is 0.416 e. The predicted octanol–water partition coefficient (Wildman–Crippen LogP) is 2.59. The van der Waals surface area contributed by atoms with Crippen molar-refractivity contribution in [3.63, 3.8) is 0 Å². The van der Waals surface area contributed by atoms with Crippen LogP contribution in [0, 0.1) is 6.61 Å². The molecule has 0 aliphatic carbocycles. The Hall–Kier alpha value is -1.03. The van der Waals surface area contributed by atoms with Crippen molar-refractivity contribution < 1.29 is 18.3 Å². The molecule has 0 fully saturated rings. The summed E-state index contributed by atoms with van der Waals surface area (Å²) in [6.07, 6.45) is -4.31. The summed E-state index contributed by atoms with van der Waals surface area (Å²) in [6.45, 7) is 0.750. The van der Waals surface area contributed by atoms with Gasteiger partial charge in [0.25, 0.3) is 0 Å². The molecule has 1 aromatic rings. The number of benzene rings is 1. The molecule has 0 atom stereocenters. The van der Waals surface area contributed by atoms with Gasteiger partial charge < -0.3 is 5.11 Å². The normalized spacial score (nSPS) is 11.7. The van der Waals surface area contributed by atoms with E-state index >= 15 is 0 Å². The minimum Gasteiger partial charge on any atom is -0.385 e. The van der Waals surface area contributed by atoms with Gasteiger partial charge in [-0.2, -0.15) is 13.2 Å². The largest absolute Gasteiger partial charge is 0.416 e. The Balaban J connectivity index is 2.93. The molecule has 0 bridgehead atoms. The van der Waals surface area contributed by atoms with Gasteiger partial charge in [0.2, 0.25) is 0 Å². The molecule has 0 saturated carbocycles. The number of hydrogen-bond donors (Lipinski definition) is 1. The Bertz CT molecular complexity index is 250. The Morgan fingerprint density at radius 2 is 1.58 bits per heavy atom. The average molecular weight is 175 g/mol. The summed E-state index contributed by atoms with van der Waals surface area (Å²) in [5.74, 6) is 0. The molecule has 1 rings (SSSR count). The van der Waals surface area contributed by atoms with Crippen LogP contribution in [0.15, 0.2) is 24.3 Å². The molecule has 0 amide bonds. The quantitative estimate of drug-likeness (QED) is 0.695. The zero-order valence-electron chi connectivity index (χ0n) is 5.97.